The third-order valence-electron chi connectivity index (χ3n) is 11.6. The number of nitrogens with zero attached hydrogens (tertiary/aromatic N) is 4. The fourth-order valence-corrected chi connectivity index (χ4v) is 8.44. The summed E-state index contributed by atoms with van der Waals surface area (Å²) < 4.78 is 4.73. The first-order chi connectivity index (χ1) is 26.2. The number of alkyl carbamates (subject to hydrolysis) is 1. The van der Waals surface area contributed by atoms with Crippen LogP contribution in [0.1, 0.15) is 88.9 Å². The first kappa shape index (κ1) is 37.2. The minimum Gasteiger partial charge on any atom is -0.465 e. The van der Waals surface area contributed by atoms with Crippen LogP contribution >= 0.6 is 0 Å². The Hall–Kier alpha value is -5.17. The highest BCUT2D eigenvalue weighted by Gasteiger charge is 2.37. The second kappa shape index (κ2) is 16.5. The molecule has 3 atom stereocenters. The fourth-order valence-electron chi connectivity index (χ4n) is 8.44. The molecule has 0 unspecified atom stereocenters. The molecule has 0 spiro atoms. The Bertz CT molecular complexity index is 1900. The largest absolute Gasteiger partial charge is 0.465 e. The van der Waals surface area contributed by atoms with Crippen molar-refractivity contribution < 1.29 is 24.2 Å². The van der Waals surface area contributed by atoms with E-state index in [9.17, 15) is 19.5 Å². The average Bonchev–Trinajstić information content (AvgIpc) is 4.02. The number of likely N-dealkylation sites (tertiary alicyclic amines) is 2. The number of nitrogens with one attached hydrogen (secondary N) is 4. The Morgan fingerprint density at radius 1 is 0.796 bits per heavy atom. The number of methoxy groups -OCH3 is 1. The van der Waals surface area contributed by atoms with E-state index in [4.69, 9.17) is 14.7 Å². The van der Waals surface area contributed by atoms with Gasteiger partial charge in [-0.15, -0.1) is 0 Å². The summed E-state index contributed by atoms with van der Waals surface area (Å²) in [5.74, 6) is 2.10. The molecule has 54 heavy (non-hydrogen) atoms. The maximum Gasteiger partial charge on any atom is 0.407 e. The molecule has 3 aliphatic rings. The van der Waals surface area contributed by atoms with Crippen LogP contribution in [0.15, 0.2) is 60.9 Å². The Balaban J connectivity index is 0.958. The summed E-state index contributed by atoms with van der Waals surface area (Å²) in [7, 11) is 1.37. The van der Waals surface area contributed by atoms with Crippen molar-refractivity contribution in [1.29, 1.82) is 0 Å². The Morgan fingerprint density at radius 3 is 1.89 bits per heavy atom. The Labute approximate surface area is 316 Å². The SMILES string of the molecule is COC(=O)NC1CCC(C(=O)N2CCC[C@H]2c2ncc(-c3ccc(-c4ccc(-c5cnc([C@@H]6CCCN6C[C@@H](NC(=O)O)C(C)C)[nH]5)cc4)cc3)[nH]2)CC1. The topological polar surface area (TPSA) is 169 Å². The number of carbonyl (C=O) groups is 3. The highest BCUT2D eigenvalue weighted by molar-refractivity contribution is 5.80. The van der Waals surface area contributed by atoms with Crippen molar-refractivity contribution in [2.75, 3.05) is 26.7 Å². The van der Waals surface area contributed by atoms with Crippen molar-refractivity contribution in [2.24, 2.45) is 11.8 Å². The van der Waals surface area contributed by atoms with Crippen LogP contribution in [0, 0.1) is 11.8 Å². The maximum absolute atomic E-state index is 13.6. The van der Waals surface area contributed by atoms with Crippen LogP contribution in [0.3, 0.4) is 0 Å². The monoisotopic (exact) mass is 736 g/mol. The lowest BCUT2D eigenvalue weighted by molar-refractivity contribution is -0.137. The van der Waals surface area contributed by atoms with Crippen LogP contribution < -0.4 is 10.6 Å². The number of amides is 3. The van der Waals surface area contributed by atoms with Gasteiger partial charge in [-0.3, -0.25) is 9.69 Å². The molecule has 0 radical (unpaired) electrons. The summed E-state index contributed by atoms with van der Waals surface area (Å²) in [6.07, 6.45) is 9.29. The summed E-state index contributed by atoms with van der Waals surface area (Å²) >= 11 is 0. The average molecular weight is 737 g/mol. The zero-order valence-electron chi connectivity index (χ0n) is 31.4. The number of aromatic amines is 2. The van der Waals surface area contributed by atoms with Gasteiger partial charge in [-0.1, -0.05) is 62.4 Å². The van der Waals surface area contributed by atoms with E-state index >= 15 is 0 Å². The molecule has 4 aromatic rings. The van der Waals surface area contributed by atoms with Gasteiger partial charge in [0, 0.05) is 31.1 Å². The predicted octanol–water partition coefficient (Wildman–Crippen LogP) is 7.14. The van der Waals surface area contributed by atoms with Crippen molar-refractivity contribution in [2.45, 2.75) is 89.4 Å². The lowest BCUT2D eigenvalue weighted by Gasteiger charge is -2.32. The molecule has 5 N–H and O–H groups in total. The number of aromatic nitrogens is 4. The Kier molecular flexibility index (Phi) is 11.3. The number of imidazole rings is 2. The Morgan fingerprint density at radius 2 is 1.33 bits per heavy atom. The molecular weight excluding hydrogens is 685 g/mol. The first-order valence-electron chi connectivity index (χ1n) is 19.4. The maximum atomic E-state index is 13.6. The van der Waals surface area contributed by atoms with E-state index in [1.54, 1.807) is 0 Å². The molecule has 13 nitrogen and oxygen atoms in total. The van der Waals surface area contributed by atoms with Gasteiger partial charge in [-0.25, -0.2) is 19.6 Å². The van der Waals surface area contributed by atoms with Crippen LogP contribution in [-0.4, -0.2) is 91.8 Å². The molecule has 13 heteroatoms. The van der Waals surface area contributed by atoms with Crippen LogP contribution in [0.4, 0.5) is 9.59 Å². The number of benzene rings is 2. The first-order valence-corrected chi connectivity index (χ1v) is 19.4. The van der Waals surface area contributed by atoms with Gasteiger partial charge in [0.1, 0.15) is 11.6 Å². The van der Waals surface area contributed by atoms with Crippen LogP contribution in [0.25, 0.3) is 33.6 Å². The van der Waals surface area contributed by atoms with E-state index in [-0.39, 0.29) is 41.9 Å². The highest BCUT2D eigenvalue weighted by atomic mass is 16.5. The second-order valence-electron chi connectivity index (χ2n) is 15.3. The number of carboxylic acid groups (broad SMARTS) is 1. The summed E-state index contributed by atoms with van der Waals surface area (Å²) in [4.78, 5) is 57.5. The number of carbonyl (C=O) groups excluding carboxylic acids is 2. The third kappa shape index (κ3) is 8.30. The molecule has 1 aliphatic carbocycles. The summed E-state index contributed by atoms with van der Waals surface area (Å²) in [6, 6.07) is 16.9. The molecule has 3 fully saturated rings. The summed E-state index contributed by atoms with van der Waals surface area (Å²) in [5, 5.41) is 14.9. The molecular formula is C41H52N8O5. The van der Waals surface area contributed by atoms with Gasteiger partial charge < -0.3 is 35.3 Å². The second-order valence-corrected chi connectivity index (χ2v) is 15.3. The van der Waals surface area contributed by atoms with E-state index in [0.717, 1.165) is 110 Å². The number of hydrogen-bond acceptors (Lipinski definition) is 7. The highest BCUT2D eigenvalue weighted by Crippen LogP contribution is 2.37. The van der Waals surface area contributed by atoms with E-state index in [2.05, 4.69) is 74.0 Å². The van der Waals surface area contributed by atoms with Gasteiger partial charge in [0.25, 0.3) is 0 Å². The minimum atomic E-state index is -0.985. The number of ether oxygens (including phenoxy) is 1. The number of hydrogen-bond donors (Lipinski definition) is 5. The third-order valence-corrected chi connectivity index (χ3v) is 11.6. The quantitative estimate of drug-likeness (QED) is 0.108. The molecule has 2 aromatic carbocycles. The molecule has 3 amide bonds. The molecule has 7 rings (SSSR count). The number of H-pyrrole nitrogens is 2. The van der Waals surface area contributed by atoms with E-state index in [0.29, 0.717) is 6.54 Å². The van der Waals surface area contributed by atoms with E-state index in [1.807, 2.05) is 31.1 Å². The zero-order valence-corrected chi connectivity index (χ0v) is 31.4. The fraction of sp³-hybridized carbons (Fsp3) is 0.488. The molecule has 4 heterocycles. The van der Waals surface area contributed by atoms with Gasteiger partial charge >= 0.3 is 12.2 Å². The van der Waals surface area contributed by atoms with E-state index < -0.39 is 12.2 Å². The summed E-state index contributed by atoms with van der Waals surface area (Å²) in [6.45, 7) is 6.40. The van der Waals surface area contributed by atoms with Gasteiger partial charge in [-0.2, -0.15) is 0 Å². The van der Waals surface area contributed by atoms with Crippen molar-refractivity contribution in [3.8, 4) is 33.6 Å². The van der Waals surface area contributed by atoms with Crippen LogP contribution in [0.2, 0.25) is 0 Å². The summed E-state index contributed by atoms with van der Waals surface area (Å²) in [5.41, 5.74) is 6.19. The van der Waals surface area contributed by atoms with Gasteiger partial charge in [0.2, 0.25) is 5.91 Å². The minimum absolute atomic E-state index is 0.0314. The van der Waals surface area contributed by atoms with Crippen molar-refractivity contribution >= 4 is 18.1 Å². The van der Waals surface area contributed by atoms with Gasteiger partial charge in [-0.05, 0) is 86.1 Å². The molecule has 286 valence electrons. The van der Waals surface area contributed by atoms with Crippen molar-refractivity contribution in [3.63, 3.8) is 0 Å². The van der Waals surface area contributed by atoms with Crippen molar-refractivity contribution in [3.05, 3.63) is 72.6 Å². The molecule has 2 aliphatic heterocycles. The lowest BCUT2D eigenvalue weighted by Crippen LogP contribution is -2.46. The van der Waals surface area contributed by atoms with Gasteiger partial charge in [0.15, 0.2) is 0 Å². The van der Waals surface area contributed by atoms with Crippen molar-refractivity contribution in [1.82, 2.24) is 40.4 Å². The predicted molar refractivity (Wildman–Crippen MR) is 205 cm³/mol. The zero-order chi connectivity index (χ0) is 37.8. The molecule has 1 saturated carbocycles. The molecule has 2 saturated heterocycles. The smallest absolute Gasteiger partial charge is 0.407 e. The van der Waals surface area contributed by atoms with Gasteiger partial charge in [0.05, 0.1) is 43.0 Å². The normalized spacial score (nSPS) is 22.3. The van der Waals surface area contributed by atoms with E-state index in [1.165, 1.54) is 7.11 Å². The standard InChI is InChI=1S/C41H52N8O5/c1-25(2)34(47-40(51)52)24-48-20-4-6-35(48)37-42-22-32(45-37)28-12-8-26(9-13-28)27-10-14-29(15-11-27)33-23-43-38(46-33)36-7-5-21-49(36)39(50)30-16-18-31(19-17-30)44-41(53)54-3/h8-15,22-23,25,30-31,34-36,47H,4-7,16-21,24H2,1-3H3,(H,42,45)(H,43,46)(H,44,53)(H,51,52)/t30?,31?,34-,35+,36+/m1/s1. The van der Waals surface area contributed by atoms with Crippen LogP contribution in [-0.2, 0) is 9.53 Å². The molecule has 0 bridgehead atoms. The molecule has 2 aromatic heterocycles. The number of rotatable bonds is 11. The lowest BCUT2D eigenvalue weighted by atomic mass is 9.85. The van der Waals surface area contributed by atoms with Crippen LogP contribution in [0.5, 0.6) is 0 Å².